The second kappa shape index (κ2) is 7.05. The summed E-state index contributed by atoms with van der Waals surface area (Å²) in [6, 6.07) is 0. The van der Waals surface area contributed by atoms with Gasteiger partial charge in [0.15, 0.2) is 0 Å². The predicted molar refractivity (Wildman–Crippen MR) is 92.6 cm³/mol. The molecule has 0 aliphatic heterocycles. The molecule has 0 aromatic rings. The topological polar surface area (TPSA) is 40.5 Å². The molecule has 0 saturated heterocycles. The van der Waals surface area contributed by atoms with Crippen molar-refractivity contribution >= 4 is 0 Å². The number of fused-ring (bicyclic) bond motifs is 1. The van der Waals surface area contributed by atoms with E-state index in [0.717, 1.165) is 18.8 Å². The quantitative estimate of drug-likeness (QED) is 0.731. The van der Waals surface area contributed by atoms with E-state index >= 15 is 0 Å². The van der Waals surface area contributed by atoms with E-state index in [0.29, 0.717) is 29.3 Å². The first kappa shape index (κ1) is 18.0. The maximum atomic E-state index is 9.91. The number of rotatable bonds is 5. The van der Waals surface area contributed by atoms with Crippen molar-refractivity contribution in [3.63, 3.8) is 0 Å². The molecule has 4 atom stereocenters. The average molecular weight is 309 g/mol. The van der Waals surface area contributed by atoms with Crippen molar-refractivity contribution in [1.82, 2.24) is 0 Å². The van der Waals surface area contributed by atoms with Crippen molar-refractivity contribution in [2.45, 2.75) is 72.6 Å². The Balaban J connectivity index is 2.20. The van der Waals surface area contributed by atoms with Crippen LogP contribution in [0.5, 0.6) is 0 Å². The first-order chi connectivity index (χ1) is 10.3. The van der Waals surface area contributed by atoms with Crippen LogP contribution in [0, 0.1) is 28.6 Å². The lowest BCUT2D eigenvalue weighted by atomic mass is 9.46. The molecular weight excluding hydrogens is 272 g/mol. The van der Waals surface area contributed by atoms with E-state index in [1.807, 2.05) is 6.08 Å². The Morgan fingerprint density at radius 3 is 2.50 bits per heavy atom. The van der Waals surface area contributed by atoms with E-state index in [1.165, 1.54) is 37.7 Å². The highest BCUT2D eigenvalue weighted by Gasteiger charge is 2.53. The van der Waals surface area contributed by atoms with Crippen LogP contribution in [0.25, 0.3) is 0 Å². The molecule has 2 aliphatic rings. The van der Waals surface area contributed by atoms with Crippen LogP contribution < -0.4 is 0 Å². The summed E-state index contributed by atoms with van der Waals surface area (Å²) in [5.74, 6) is 1.89. The number of aliphatic hydroxyl groups is 2. The van der Waals surface area contributed by atoms with Crippen LogP contribution in [0.3, 0.4) is 0 Å². The van der Waals surface area contributed by atoms with E-state index in [4.69, 9.17) is 5.11 Å². The highest BCUT2D eigenvalue weighted by molar-refractivity contribution is 5.05. The Kier molecular flexibility index (Phi) is 5.77. The van der Waals surface area contributed by atoms with Crippen molar-refractivity contribution in [3.8, 4) is 0 Å². The third-order valence-electron chi connectivity index (χ3n) is 7.04. The highest BCUT2D eigenvalue weighted by atomic mass is 16.3. The largest absolute Gasteiger partial charge is 0.396 e. The summed E-state index contributed by atoms with van der Waals surface area (Å²) in [6.45, 7) is 10.0. The Labute approximate surface area is 137 Å². The van der Waals surface area contributed by atoms with Crippen molar-refractivity contribution in [3.05, 3.63) is 11.6 Å². The molecule has 0 aromatic carbocycles. The van der Waals surface area contributed by atoms with Gasteiger partial charge in [0.2, 0.25) is 0 Å². The summed E-state index contributed by atoms with van der Waals surface area (Å²) in [5, 5.41) is 19.0. The van der Waals surface area contributed by atoms with E-state index in [1.54, 1.807) is 0 Å². The molecular formula is C20H36O2. The molecule has 2 fully saturated rings. The molecule has 4 unspecified atom stereocenters. The predicted octanol–water partition coefficient (Wildman–Crippen LogP) is 4.56. The third-order valence-corrected chi connectivity index (χ3v) is 7.04. The molecule has 0 heterocycles. The molecule has 2 heteroatoms. The number of hydrogen-bond acceptors (Lipinski definition) is 2. The lowest BCUT2D eigenvalue weighted by Gasteiger charge is -2.59. The van der Waals surface area contributed by atoms with Gasteiger partial charge in [0.1, 0.15) is 0 Å². The third kappa shape index (κ3) is 3.43. The Morgan fingerprint density at radius 1 is 1.14 bits per heavy atom. The van der Waals surface area contributed by atoms with Crippen molar-refractivity contribution in [2.24, 2.45) is 28.6 Å². The van der Waals surface area contributed by atoms with E-state index in [2.05, 4.69) is 27.7 Å². The van der Waals surface area contributed by atoms with Crippen molar-refractivity contribution < 1.29 is 10.2 Å². The normalized spacial score (nSPS) is 38.6. The number of aliphatic hydroxyl groups excluding tert-OH is 2. The molecule has 2 nitrogen and oxygen atoms in total. The number of hydrogen-bond donors (Lipinski definition) is 2. The molecule has 2 saturated carbocycles. The molecule has 22 heavy (non-hydrogen) atoms. The highest BCUT2D eigenvalue weighted by Crippen LogP contribution is 2.62. The van der Waals surface area contributed by atoms with Gasteiger partial charge in [0.25, 0.3) is 0 Å². The molecule has 0 amide bonds. The fraction of sp³-hybridized carbons (Fsp3) is 0.900. The first-order valence-corrected chi connectivity index (χ1v) is 9.22. The van der Waals surface area contributed by atoms with Gasteiger partial charge in [-0.2, -0.15) is 0 Å². The fourth-order valence-corrected chi connectivity index (χ4v) is 5.88. The maximum absolute atomic E-state index is 9.91. The average Bonchev–Trinajstić information content (AvgIpc) is 2.44. The van der Waals surface area contributed by atoms with E-state index in [-0.39, 0.29) is 6.61 Å². The summed E-state index contributed by atoms with van der Waals surface area (Å²) in [5.41, 5.74) is 2.12. The summed E-state index contributed by atoms with van der Waals surface area (Å²) >= 11 is 0. The van der Waals surface area contributed by atoms with Crippen LogP contribution in [-0.4, -0.2) is 23.4 Å². The van der Waals surface area contributed by atoms with Crippen LogP contribution in [0.15, 0.2) is 11.6 Å². The summed E-state index contributed by atoms with van der Waals surface area (Å²) in [7, 11) is 0. The Bertz CT molecular complexity index is 399. The molecule has 0 radical (unpaired) electrons. The lowest BCUT2D eigenvalue weighted by molar-refractivity contribution is -0.108. The van der Waals surface area contributed by atoms with Crippen molar-refractivity contribution in [1.29, 1.82) is 0 Å². The maximum Gasteiger partial charge on any atom is 0.0614 e. The van der Waals surface area contributed by atoms with Gasteiger partial charge in [-0.25, -0.2) is 0 Å². The summed E-state index contributed by atoms with van der Waals surface area (Å²) in [6.07, 6.45) is 10.6. The van der Waals surface area contributed by atoms with Gasteiger partial charge in [-0.1, -0.05) is 38.8 Å². The zero-order valence-corrected chi connectivity index (χ0v) is 15.1. The van der Waals surface area contributed by atoms with Crippen LogP contribution in [0.2, 0.25) is 0 Å². The molecule has 2 rings (SSSR count). The minimum Gasteiger partial charge on any atom is -0.396 e. The van der Waals surface area contributed by atoms with Gasteiger partial charge >= 0.3 is 0 Å². The van der Waals surface area contributed by atoms with E-state index in [9.17, 15) is 5.11 Å². The van der Waals surface area contributed by atoms with E-state index < -0.39 is 0 Å². The monoisotopic (exact) mass is 308 g/mol. The smallest absolute Gasteiger partial charge is 0.0614 e. The zero-order chi connectivity index (χ0) is 16.4. The second-order valence-corrected chi connectivity index (χ2v) is 8.80. The minimum atomic E-state index is 0.146. The van der Waals surface area contributed by atoms with Gasteiger partial charge in [-0.3, -0.25) is 0 Å². The van der Waals surface area contributed by atoms with Gasteiger partial charge in [0.05, 0.1) is 6.61 Å². The molecule has 0 aromatic heterocycles. The molecule has 0 spiro atoms. The van der Waals surface area contributed by atoms with Gasteiger partial charge in [-0.15, -0.1) is 0 Å². The Morgan fingerprint density at radius 2 is 1.86 bits per heavy atom. The van der Waals surface area contributed by atoms with Crippen molar-refractivity contribution in [2.75, 3.05) is 13.2 Å². The molecule has 2 N–H and O–H groups in total. The summed E-state index contributed by atoms with van der Waals surface area (Å²) in [4.78, 5) is 0. The first-order valence-electron chi connectivity index (χ1n) is 9.22. The molecule has 0 bridgehead atoms. The van der Waals surface area contributed by atoms with Gasteiger partial charge in [-0.05, 0) is 74.0 Å². The van der Waals surface area contributed by atoms with Crippen LogP contribution >= 0.6 is 0 Å². The lowest BCUT2D eigenvalue weighted by Crippen LogP contribution is -2.52. The SMILES string of the molecule is CC(=CCO)CCC1C(CO)CCC2C(C)(C)CCCC12C. The minimum absolute atomic E-state index is 0.146. The standard InChI is InChI=1S/C20H36O2/c1-15(10-13-21)6-8-17-16(14-22)7-9-18-19(2,3)11-5-12-20(17,18)4/h10,16-18,21-22H,5-9,11-14H2,1-4H3. The fourth-order valence-electron chi connectivity index (χ4n) is 5.88. The summed E-state index contributed by atoms with van der Waals surface area (Å²) < 4.78 is 0. The van der Waals surface area contributed by atoms with Crippen LogP contribution in [0.4, 0.5) is 0 Å². The number of allylic oxidation sites excluding steroid dienone is 1. The molecule has 2 aliphatic carbocycles. The second-order valence-electron chi connectivity index (χ2n) is 8.80. The zero-order valence-electron chi connectivity index (χ0n) is 15.1. The van der Waals surface area contributed by atoms with Crippen LogP contribution in [-0.2, 0) is 0 Å². The van der Waals surface area contributed by atoms with Gasteiger partial charge in [0, 0.05) is 6.61 Å². The van der Waals surface area contributed by atoms with Gasteiger partial charge < -0.3 is 10.2 Å². The van der Waals surface area contributed by atoms with Crippen LogP contribution in [0.1, 0.15) is 72.6 Å². The Hall–Kier alpha value is -0.340. The molecule has 128 valence electrons.